The maximum absolute atomic E-state index is 13.7. The van der Waals surface area contributed by atoms with Crippen molar-refractivity contribution in [2.75, 3.05) is 6.61 Å². The standard InChI is InChI=1S/C13H14FN3O/c1-17-8-11(7-15-17)9-4-10(6-12(14)5-9)13-2-3-18-16-13/h4-8,13,16H,2-3H2,1H3/t13-/m1/s1. The van der Waals surface area contributed by atoms with Crippen LogP contribution in [0.25, 0.3) is 11.1 Å². The van der Waals surface area contributed by atoms with Gasteiger partial charge in [-0.25, -0.2) is 4.39 Å². The molecule has 0 unspecified atom stereocenters. The van der Waals surface area contributed by atoms with E-state index in [1.165, 1.54) is 6.07 Å². The Hall–Kier alpha value is -1.72. The molecule has 0 aliphatic carbocycles. The van der Waals surface area contributed by atoms with Crippen molar-refractivity contribution >= 4 is 0 Å². The molecule has 1 saturated heterocycles. The van der Waals surface area contributed by atoms with Crippen LogP contribution in [-0.2, 0) is 11.9 Å². The Morgan fingerprint density at radius 2 is 2.28 bits per heavy atom. The van der Waals surface area contributed by atoms with E-state index < -0.39 is 0 Å². The fraction of sp³-hybridized carbons (Fsp3) is 0.308. The first kappa shape index (κ1) is 11.4. The van der Waals surface area contributed by atoms with Crippen LogP contribution in [0.3, 0.4) is 0 Å². The summed E-state index contributed by atoms with van der Waals surface area (Å²) in [5.41, 5.74) is 5.56. The van der Waals surface area contributed by atoms with Crippen LogP contribution in [0.15, 0.2) is 30.6 Å². The van der Waals surface area contributed by atoms with Gasteiger partial charge in [0, 0.05) is 18.8 Å². The molecule has 1 aliphatic rings. The van der Waals surface area contributed by atoms with Crippen LogP contribution in [0, 0.1) is 5.82 Å². The molecule has 0 bridgehead atoms. The summed E-state index contributed by atoms with van der Waals surface area (Å²) in [5, 5.41) is 4.10. The molecule has 0 amide bonds. The third-order valence-corrected chi connectivity index (χ3v) is 3.09. The van der Waals surface area contributed by atoms with Gasteiger partial charge in [-0.05, 0) is 35.7 Å². The molecule has 5 heteroatoms. The number of aromatic nitrogens is 2. The van der Waals surface area contributed by atoms with Crippen molar-refractivity contribution in [3.8, 4) is 11.1 Å². The average Bonchev–Trinajstić information content (AvgIpc) is 2.98. The number of nitrogens with one attached hydrogen (secondary N) is 1. The molecule has 2 aromatic rings. The van der Waals surface area contributed by atoms with Gasteiger partial charge in [0.15, 0.2) is 0 Å². The van der Waals surface area contributed by atoms with Crippen LogP contribution >= 0.6 is 0 Å². The van der Waals surface area contributed by atoms with Gasteiger partial charge >= 0.3 is 0 Å². The second kappa shape index (κ2) is 4.51. The molecule has 0 radical (unpaired) electrons. The predicted molar refractivity (Wildman–Crippen MR) is 65.0 cm³/mol. The van der Waals surface area contributed by atoms with Crippen molar-refractivity contribution in [1.82, 2.24) is 15.3 Å². The second-order valence-electron chi connectivity index (χ2n) is 4.48. The van der Waals surface area contributed by atoms with Gasteiger partial charge in [0.25, 0.3) is 0 Å². The monoisotopic (exact) mass is 247 g/mol. The second-order valence-corrected chi connectivity index (χ2v) is 4.48. The molecule has 18 heavy (non-hydrogen) atoms. The largest absolute Gasteiger partial charge is 0.301 e. The van der Waals surface area contributed by atoms with Crippen LogP contribution < -0.4 is 5.48 Å². The lowest BCUT2D eigenvalue weighted by Crippen LogP contribution is -2.11. The van der Waals surface area contributed by atoms with E-state index in [4.69, 9.17) is 4.84 Å². The van der Waals surface area contributed by atoms with Crippen molar-refractivity contribution < 1.29 is 9.23 Å². The summed E-state index contributed by atoms with van der Waals surface area (Å²) >= 11 is 0. The molecular weight excluding hydrogens is 233 g/mol. The third-order valence-electron chi connectivity index (χ3n) is 3.09. The van der Waals surface area contributed by atoms with Crippen molar-refractivity contribution in [2.45, 2.75) is 12.5 Å². The highest BCUT2D eigenvalue weighted by molar-refractivity contribution is 5.63. The van der Waals surface area contributed by atoms with E-state index in [9.17, 15) is 4.39 Å². The summed E-state index contributed by atoms with van der Waals surface area (Å²) in [7, 11) is 1.84. The zero-order valence-corrected chi connectivity index (χ0v) is 10.1. The highest BCUT2D eigenvalue weighted by Gasteiger charge is 2.18. The van der Waals surface area contributed by atoms with Crippen LogP contribution in [-0.4, -0.2) is 16.4 Å². The molecular formula is C13H14FN3O. The number of nitrogens with zero attached hydrogens (tertiary/aromatic N) is 2. The highest BCUT2D eigenvalue weighted by Crippen LogP contribution is 2.27. The molecule has 1 fully saturated rings. The van der Waals surface area contributed by atoms with E-state index in [1.54, 1.807) is 16.9 Å². The van der Waals surface area contributed by atoms with Crippen LogP contribution in [0.5, 0.6) is 0 Å². The minimum Gasteiger partial charge on any atom is -0.301 e. The molecule has 4 nitrogen and oxygen atoms in total. The van der Waals surface area contributed by atoms with E-state index in [0.717, 1.165) is 23.1 Å². The molecule has 94 valence electrons. The van der Waals surface area contributed by atoms with E-state index in [0.29, 0.717) is 6.61 Å². The van der Waals surface area contributed by atoms with E-state index in [2.05, 4.69) is 10.6 Å². The van der Waals surface area contributed by atoms with Gasteiger partial charge in [-0.2, -0.15) is 10.6 Å². The summed E-state index contributed by atoms with van der Waals surface area (Å²) in [5.74, 6) is -0.236. The Kier molecular flexibility index (Phi) is 2.85. The lowest BCUT2D eigenvalue weighted by Gasteiger charge is -2.10. The van der Waals surface area contributed by atoms with E-state index >= 15 is 0 Å². The van der Waals surface area contributed by atoms with Crippen molar-refractivity contribution in [3.05, 3.63) is 42.0 Å². The maximum Gasteiger partial charge on any atom is 0.124 e. The first-order valence-electron chi connectivity index (χ1n) is 5.89. The topological polar surface area (TPSA) is 39.1 Å². The van der Waals surface area contributed by atoms with Gasteiger partial charge in [0.05, 0.1) is 18.8 Å². The fourth-order valence-corrected chi connectivity index (χ4v) is 2.18. The number of hydrogen-bond donors (Lipinski definition) is 1. The minimum atomic E-state index is -0.236. The van der Waals surface area contributed by atoms with Crippen LogP contribution in [0.2, 0.25) is 0 Å². The smallest absolute Gasteiger partial charge is 0.124 e. The van der Waals surface area contributed by atoms with Gasteiger partial charge in [-0.15, -0.1) is 0 Å². The van der Waals surface area contributed by atoms with Gasteiger partial charge in [-0.1, -0.05) is 0 Å². The molecule has 1 atom stereocenters. The van der Waals surface area contributed by atoms with Crippen molar-refractivity contribution in [1.29, 1.82) is 0 Å². The highest BCUT2D eigenvalue weighted by atomic mass is 19.1. The van der Waals surface area contributed by atoms with E-state index in [-0.39, 0.29) is 11.9 Å². The average molecular weight is 247 g/mol. The van der Waals surface area contributed by atoms with Gasteiger partial charge in [0.2, 0.25) is 0 Å². The number of hydrogen-bond acceptors (Lipinski definition) is 3. The Bertz CT molecular complexity index is 561. The van der Waals surface area contributed by atoms with E-state index in [1.807, 2.05) is 19.3 Å². The zero-order chi connectivity index (χ0) is 12.5. The molecule has 1 aromatic carbocycles. The summed E-state index contributed by atoms with van der Waals surface area (Å²) in [6.07, 6.45) is 4.46. The zero-order valence-electron chi connectivity index (χ0n) is 10.1. The first-order chi connectivity index (χ1) is 8.72. The molecule has 1 aromatic heterocycles. The SMILES string of the molecule is Cn1cc(-c2cc(F)cc([C@H]3CCON3)c2)cn1. The molecule has 2 heterocycles. The molecule has 0 saturated carbocycles. The molecule has 1 N–H and O–H groups in total. The normalized spacial score (nSPS) is 19.3. The Balaban J connectivity index is 1.99. The van der Waals surface area contributed by atoms with Crippen LogP contribution in [0.4, 0.5) is 4.39 Å². The summed E-state index contributed by atoms with van der Waals surface area (Å²) in [6, 6.07) is 5.12. The van der Waals surface area contributed by atoms with Crippen molar-refractivity contribution in [2.24, 2.45) is 7.05 Å². The predicted octanol–water partition coefficient (Wildman–Crippen LogP) is 2.19. The summed E-state index contributed by atoms with van der Waals surface area (Å²) < 4.78 is 15.4. The number of hydroxylamine groups is 1. The third kappa shape index (κ3) is 2.14. The first-order valence-corrected chi connectivity index (χ1v) is 5.89. The molecule has 0 spiro atoms. The van der Waals surface area contributed by atoms with Gasteiger partial charge < -0.3 is 4.84 Å². The van der Waals surface area contributed by atoms with Crippen LogP contribution in [0.1, 0.15) is 18.0 Å². The Morgan fingerprint density at radius 1 is 1.39 bits per heavy atom. The van der Waals surface area contributed by atoms with Crippen molar-refractivity contribution in [3.63, 3.8) is 0 Å². The molecule has 1 aliphatic heterocycles. The number of aryl methyl sites for hydroxylation is 1. The number of benzene rings is 1. The lowest BCUT2D eigenvalue weighted by molar-refractivity contribution is 0.0882. The Labute approximate surface area is 104 Å². The summed E-state index contributed by atoms with van der Waals surface area (Å²) in [4.78, 5) is 5.11. The van der Waals surface area contributed by atoms with Gasteiger partial charge in [0.1, 0.15) is 5.82 Å². The minimum absolute atomic E-state index is 0.0659. The fourth-order valence-electron chi connectivity index (χ4n) is 2.18. The number of halogens is 1. The quantitative estimate of drug-likeness (QED) is 0.884. The molecule has 3 rings (SSSR count). The number of rotatable bonds is 2. The Morgan fingerprint density at radius 3 is 2.94 bits per heavy atom. The maximum atomic E-state index is 13.7. The lowest BCUT2D eigenvalue weighted by atomic mass is 10.00. The van der Waals surface area contributed by atoms with Gasteiger partial charge in [-0.3, -0.25) is 4.68 Å². The summed E-state index contributed by atoms with van der Waals surface area (Å²) in [6.45, 7) is 0.656.